The highest BCUT2D eigenvalue weighted by Crippen LogP contribution is 2.30. The fourth-order valence-corrected chi connectivity index (χ4v) is 4.70. The van der Waals surface area contributed by atoms with Crippen LogP contribution in [0.4, 0.5) is 13.2 Å². The van der Waals surface area contributed by atoms with Crippen molar-refractivity contribution >= 4 is 16.8 Å². The van der Waals surface area contributed by atoms with Crippen LogP contribution < -0.4 is 10.9 Å². The zero-order valence-electron chi connectivity index (χ0n) is 25.5. The highest BCUT2D eigenvalue weighted by molar-refractivity contribution is 5.80. The Kier molecular flexibility index (Phi) is 9.65. The van der Waals surface area contributed by atoms with Gasteiger partial charge in [0.25, 0.3) is 5.56 Å². The summed E-state index contributed by atoms with van der Waals surface area (Å²) < 4.78 is 46.2. The maximum Gasteiger partial charge on any atom is 0.416 e. The molecule has 0 aliphatic rings. The Labute approximate surface area is 255 Å². The molecule has 0 radical (unpaired) electrons. The number of fused-ring (bicyclic) bond motifs is 1. The van der Waals surface area contributed by atoms with Crippen molar-refractivity contribution in [3.05, 3.63) is 106 Å². The average Bonchev–Trinajstić information content (AvgIpc) is 2.96. The summed E-state index contributed by atoms with van der Waals surface area (Å²) in [5.41, 5.74) is -0.241. The molecule has 0 spiro atoms. The van der Waals surface area contributed by atoms with Crippen LogP contribution in [0.5, 0.6) is 0 Å². The van der Waals surface area contributed by atoms with E-state index in [0.29, 0.717) is 34.6 Å². The molecule has 0 aliphatic heterocycles. The normalized spacial score (nSPS) is 13.2. The molecule has 6 nitrogen and oxygen atoms in total. The predicted molar refractivity (Wildman–Crippen MR) is 165 cm³/mol. The Morgan fingerprint density at radius 3 is 2.23 bits per heavy atom. The van der Waals surface area contributed by atoms with Crippen LogP contribution in [0.2, 0.25) is 0 Å². The molecule has 0 bridgehead atoms. The molecule has 9 heteroatoms. The standard InChI is InChI=1S/C35H36F3N3O3/c1-6-44-22-21-34(5,40-30(42)23-25-11-15-26(16-12-25)35(36,37)38)32-39-29-10-8-7-9-28(29)31(43)41(32)27-17-13-24(14-18-27)19-20-33(2,3)4/h7-18H,6,21-23H2,1-5H3,(H,40,42). The summed E-state index contributed by atoms with van der Waals surface area (Å²) in [7, 11) is 0. The van der Waals surface area contributed by atoms with E-state index in [9.17, 15) is 22.8 Å². The summed E-state index contributed by atoms with van der Waals surface area (Å²) in [4.78, 5) is 32.3. The largest absolute Gasteiger partial charge is 0.416 e. The summed E-state index contributed by atoms with van der Waals surface area (Å²) in [6, 6.07) is 18.7. The predicted octanol–water partition coefficient (Wildman–Crippen LogP) is 6.80. The van der Waals surface area contributed by atoms with Crippen molar-refractivity contribution in [3.63, 3.8) is 0 Å². The second-order valence-corrected chi connectivity index (χ2v) is 11.8. The molecule has 230 valence electrons. The number of amides is 1. The minimum absolute atomic E-state index is 0.165. The van der Waals surface area contributed by atoms with Crippen LogP contribution in [-0.2, 0) is 27.7 Å². The molecule has 3 aromatic carbocycles. The van der Waals surface area contributed by atoms with Crippen LogP contribution in [0, 0.1) is 17.3 Å². The first kappa shape index (κ1) is 32.5. The van der Waals surface area contributed by atoms with Crippen molar-refractivity contribution < 1.29 is 22.7 Å². The van der Waals surface area contributed by atoms with E-state index in [0.717, 1.165) is 17.7 Å². The molecule has 4 aromatic rings. The van der Waals surface area contributed by atoms with E-state index in [1.807, 2.05) is 39.8 Å². The second kappa shape index (κ2) is 13.1. The molecule has 1 N–H and O–H groups in total. The zero-order valence-corrected chi connectivity index (χ0v) is 25.5. The van der Waals surface area contributed by atoms with Crippen molar-refractivity contribution in [2.75, 3.05) is 13.2 Å². The van der Waals surface area contributed by atoms with Gasteiger partial charge >= 0.3 is 6.18 Å². The number of carbonyl (C=O) groups is 1. The summed E-state index contributed by atoms with van der Waals surface area (Å²) >= 11 is 0. The lowest BCUT2D eigenvalue weighted by atomic mass is 9.94. The van der Waals surface area contributed by atoms with Gasteiger partial charge in [-0.2, -0.15) is 13.2 Å². The lowest BCUT2D eigenvalue weighted by Gasteiger charge is -2.32. The minimum atomic E-state index is -4.47. The molecular weight excluding hydrogens is 567 g/mol. The van der Waals surface area contributed by atoms with Crippen molar-refractivity contribution in [2.24, 2.45) is 5.41 Å². The highest BCUT2D eigenvalue weighted by atomic mass is 19.4. The minimum Gasteiger partial charge on any atom is -0.382 e. The number of nitrogens with one attached hydrogen (secondary N) is 1. The number of hydrogen-bond acceptors (Lipinski definition) is 4. The molecule has 0 fully saturated rings. The maximum absolute atomic E-state index is 14.0. The Bertz CT molecular complexity index is 1740. The summed E-state index contributed by atoms with van der Waals surface area (Å²) in [5.74, 6) is 6.22. The Morgan fingerprint density at radius 1 is 0.955 bits per heavy atom. The quantitative estimate of drug-likeness (QED) is 0.169. The van der Waals surface area contributed by atoms with Gasteiger partial charge in [0.1, 0.15) is 5.82 Å². The number of nitrogens with zero attached hydrogens (tertiary/aromatic N) is 2. The fraction of sp³-hybridized carbons (Fsp3) is 0.343. The Balaban J connectivity index is 1.79. The zero-order chi connectivity index (χ0) is 32.1. The van der Waals surface area contributed by atoms with Crippen molar-refractivity contribution in [3.8, 4) is 17.5 Å². The monoisotopic (exact) mass is 603 g/mol. The molecule has 1 heterocycles. The smallest absolute Gasteiger partial charge is 0.382 e. The first-order chi connectivity index (χ1) is 20.7. The first-order valence-corrected chi connectivity index (χ1v) is 14.4. The van der Waals surface area contributed by atoms with Crippen molar-refractivity contribution in [2.45, 2.75) is 59.2 Å². The number of halogens is 3. The molecule has 44 heavy (non-hydrogen) atoms. The van der Waals surface area contributed by atoms with E-state index in [2.05, 4.69) is 17.2 Å². The number of para-hydroxylation sites is 1. The lowest BCUT2D eigenvalue weighted by molar-refractivity contribution is -0.137. The third kappa shape index (κ3) is 7.94. The third-order valence-corrected chi connectivity index (χ3v) is 6.99. The van der Waals surface area contributed by atoms with E-state index in [-0.39, 0.29) is 30.4 Å². The van der Waals surface area contributed by atoms with Gasteiger partial charge in [-0.25, -0.2) is 4.98 Å². The summed E-state index contributed by atoms with van der Waals surface area (Å²) in [6.07, 6.45) is -4.36. The van der Waals surface area contributed by atoms with Crippen LogP contribution in [0.1, 0.15) is 63.6 Å². The first-order valence-electron chi connectivity index (χ1n) is 14.4. The Morgan fingerprint density at radius 2 is 1.61 bits per heavy atom. The number of ether oxygens (including phenoxy) is 1. The van der Waals surface area contributed by atoms with E-state index in [1.54, 1.807) is 43.3 Å². The van der Waals surface area contributed by atoms with E-state index < -0.39 is 23.2 Å². The number of aromatic nitrogens is 2. The van der Waals surface area contributed by atoms with E-state index in [4.69, 9.17) is 9.72 Å². The van der Waals surface area contributed by atoms with Gasteiger partial charge in [-0.05, 0) is 88.7 Å². The highest BCUT2D eigenvalue weighted by Gasteiger charge is 2.35. The second-order valence-electron chi connectivity index (χ2n) is 11.8. The molecule has 4 rings (SSSR count). The maximum atomic E-state index is 14.0. The van der Waals surface area contributed by atoms with Gasteiger partial charge in [0.15, 0.2) is 0 Å². The number of alkyl halides is 3. The van der Waals surface area contributed by atoms with Crippen LogP contribution in [0.3, 0.4) is 0 Å². The number of rotatable bonds is 9. The number of hydrogen-bond donors (Lipinski definition) is 1. The van der Waals surface area contributed by atoms with Crippen LogP contribution in [0.25, 0.3) is 16.6 Å². The van der Waals surface area contributed by atoms with Crippen molar-refractivity contribution in [1.82, 2.24) is 14.9 Å². The summed E-state index contributed by atoms with van der Waals surface area (Å²) in [6.45, 7) is 10.4. The number of benzene rings is 3. The van der Waals surface area contributed by atoms with Gasteiger partial charge in [-0.15, -0.1) is 0 Å². The lowest BCUT2D eigenvalue weighted by Crippen LogP contribution is -2.48. The van der Waals surface area contributed by atoms with Gasteiger partial charge in [0, 0.05) is 30.6 Å². The van der Waals surface area contributed by atoms with E-state index in [1.165, 1.54) is 16.7 Å². The van der Waals surface area contributed by atoms with Gasteiger partial charge in [-0.3, -0.25) is 14.2 Å². The molecule has 0 aliphatic carbocycles. The molecule has 0 saturated heterocycles. The van der Waals surface area contributed by atoms with Gasteiger partial charge in [0.2, 0.25) is 5.91 Å². The van der Waals surface area contributed by atoms with Gasteiger partial charge < -0.3 is 10.1 Å². The SMILES string of the molecule is CCOCCC(C)(NC(=O)Cc1ccc(C(F)(F)F)cc1)c1nc2ccccc2c(=O)n1-c1ccc(C#CC(C)(C)C)cc1. The topological polar surface area (TPSA) is 73.2 Å². The molecule has 0 saturated carbocycles. The molecule has 1 unspecified atom stereocenters. The molecule has 1 amide bonds. The molecule has 1 aromatic heterocycles. The van der Waals surface area contributed by atoms with E-state index >= 15 is 0 Å². The van der Waals surface area contributed by atoms with Crippen LogP contribution in [-0.4, -0.2) is 28.7 Å². The van der Waals surface area contributed by atoms with Crippen molar-refractivity contribution in [1.29, 1.82) is 0 Å². The molecular formula is C35H36F3N3O3. The number of carbonyl (C=O) groups excluding carboxylic acids is 1. The summed E-state index contributed by atoms with van der Waals surface area (Å²) in [5, 5.41) is 3.44. The van der Waals surface area contributed by atoms with Crippen LogP contribution in [0.15, 0.2) is 77.6 Å². The molecule has 1 atom stereocenters. The van der Waals surface area contributed by atoms with Gasteiger partial charge in [0.05, 0.1) is 34.1 Å². The van der Waals surface area contributed by atoms with Gasteiger partial charge in [-0.1, -0.05) is 36.1 Å². The van der Waals surface area contributed by atoms with Crippen LogP contribution >= 0.6 is 0 Å². The average molecular weight is 604 g/mol. The fourth-order valence-electron chi connectivity index (χ4n) is 4.70. The third-order valence-electron chi connectivity index (χ3n) is 6.99. The Hall–Kier alpha value is -4.42.